The van der Waals surface area contributed by atoms with Gasteiger partial charge < -0.3 is 24.3 Å². The third-order valence-electron chi connectivity index (χ3n) is 5.90. The predicted molar refractivity (Wildman–Crippen MR) is 127 cm³/mol. The number of nitrogens with one attached hydrogen (secondary N) is 2. The van der Waals surface area contributed by atoms with Crippen LogP contribution in [-0.4, -0.2) is 49.4 Å². The fourth-order valence-corrected chi connectivity index (χ4v) is 4.24. The molecule has 2 amide bonds. The summed E-state index contributed by atoms with van der Waals surface area (Å²) in [6.45, 7) is 0.481. The van der Waals surface area contributed by atoms with Crippen LogP contribution in [0, 0.1) is 0 Å². The van der Waals surface area contributed by atoms with Crippen LogP contribution in [-0.2, 0) is 14.3 Å². The van der Waals surface area contributed by atoms with E-state index in [0.717, 1.165) is 22.3 Å². The number of hydrogen-bond donors (Lipinski definition) is 3. The first kappa shape index (κ1) is 24.0. The Bertz CT molecular complexity index is 1170. The fourth-order valence-electron chi connectivity index (χ4n) is 4.24. The van der Waals surface area contributed by atoms with Crippen molar-refractivity contribution in [3.63, 3.8) is 0 Å². The summed E-state index contributed by atoms with van der Waals surface area (Å²) in [6.07, 6.45) is 1.12. The van der Waals surface area contributed by atoms with E-state index < -0.39 is 24.0 Å². The summed E-state index contributed by atoms with van der Waals surface area (Å²) < 4.78 is 15.6. The molecule has 0 spiro atoms. The number of ether oxygens (including phenoxy) is 2. The number of methoxy groups -OCH3 is 1. The van der Waals surface area contributed by atoms with Gasteiger partial charge >= 0.3 is 12.1 Å². The van der Waals surface area contributed by atoms with Crippen molar-refractivity contribution in [1.82, 2.24) is 5.32 Å². The molecular weight excluding hydrogens is 452 g/mol. The number of carboxylic acid groups (broad SMARTS) is 1. The number of fused-ring (bicyclic) bond motifs is 3. The van der Waals surface area contributed by atoms with E-state index in [9.17, 15) is 19.5 Å². The highest BCUT2D eigenvalue weighted by Crippen LogP contribution is 2.44. The molecule has 0 saturated carbocycles. The van der Waals surface area contributed by atoms with Crippen molar-refractivity contribution in [3.05, 3.63) is 77.7 Å². The topological polar surface area (TPSA) is 127 Å². The van der Waals surface area contributed by atoms with E-state index >= 15 is 0 Å². The van der Waals surface area contributed by atoms with Crippen LogP contribution in [0.2, 0.25) is 0 Å². The first-order valence-electron chi connectivity index (χ1n) is 11.2. The van der Waals surface area contributed by atoms with Crippen molar-refractivity contribution >= 4 is 23.7 Å². The lowest BCUT2D eigenvalue weighted by Crippen LogP contribution is -2.41. The molecule has 0 saturated heterocycles. The van der Waals surface area contributed by atoms with Crippen molar-refractivity contribution < 1.29 is 33.4 Å². The SMILES string of the molecule is COCCCC(NC(=O)c1occc1NC(=O)OCC1c2ccccc2-c2ccccc21)C(=O)O. The zero-order chi connectivity index (χ0) is 24.8. The van der Waals surface area contributed by atoms with Crippen LogP contribution in [0.4, 0.5) is 10.5 Å². The van der Waals surface area contributed by atoms with E-state index in [-0.39, 0.29) is 30.4 Å². The van der Waals surface area contributed by atoms with Gasteiger partial charge in [0.25, 0.3) is 5.91 Å². The standard InChI is InChI=1S/C26H26N2O7/c1-33-13-6-11-22(25(30)31)27-24(29)23-21(12-14-34-23)28-26(32)35-15-20-18-9-4-2-7-16(18)17-8-3-5-10-19(17)20/h2-5,7-10,12,14,20,22H,6,11,13,15H2,1H3,(H,27,29)(H,28,32)(H,30,31). The van der Waals surface area contributed by atoms with Gasteiger partial charge in [-0.2, -0.15) is 0 Å². The smallest absolute Gasteiger partial charge is 0.411 e. The molecule has 1 aliphatic carbocycles. The summed E-state index contributed by atoms with van der Waals surface area (Å²) in [5.74, 6) is -2.25. The molecule has 4 rings (SSSR count). The predicted octanol–water partition coefficient (Wildman–Crippen LogP) is 4.25. The van der Waals surface area contributed by atoms with E-state index in [0.29, 0.717) is 13.0 Å². The molecule has 1 unspecified atom stereocenters. The van der Waals surface area contributed by atoms with E-state index in [1.807, 2.05) is 48.5 Å². The van der Waals surface area contributed by atoms with Crippen molar-refractivity contribution in [2.45, 2.75) is 24.8 Å². The first-order chi connectivity index (χ1) is 17.0. The Morgan fingerprint density at radius 1 is 1.03 bits per heavy atom. The number of carbonyl (C=O) groups is 3. The molecule has 0 aliphatic heterocycles. The highest BCUT2D eigenvalue weighted by Gasteiger charge is 2.29. The number of carboxylic acids is 1. The van der Waals surface area contributed by atoms with Crippen molar-refractivity contribution in [1.29, 1.82) is 0 Å². The maximum absolute atomic E-state index is 12.6. The molecule has 0 radical (unpaired) electrons. The molecule has 35 heavy (non-hydrogen) atoms. The second-order valence-corrected chi connectivity index (χ2v) is 8.11. The number of carbonyl (C=O) groups excluding carboxylic acids is 2. The summed E-state index contributed by atoms with van der Waals surface area (Å²) in [4.78, 5) is 36.6. The average Bonchev–Trinajstić information content (AvgIpc) is 3.44. The van der Waals surface area contributed by atoms with Crippen LogP contribution >= 0.6 is 0 Å². The lowest BCUT2D eigenvalue weighted by Gasteiger charge is -2.15. The van der Waals surface area contributed by atoms with Crippen LogP contribution in [0.1, 0.15) is 40.4 Å². The minimum Gasteiger partial charge on any atom is -0.480 e. The maximum atomic E-state index is 12.6. The number of hydrogen-bond acceptors (Lipinski definition) is 6. The van der Waals surface area contributed by atoms with Gasteiger partial charge in [-0.1, -0.05) is 48.5 Å². The Morgan fingerprint density at radius 3 is 2.31 bits per heavy atom. The monoisotopic (exact) mass is 478 g/mol. The summed E-state index contributed by atoms with van der Waals surface area (Å²) in [5.41, 5.74) is 4.48. The summed E-state index contributed by atoms with van der Waals surface area (Å²) in [7, 11) is 1.51. The Labute approximate surface area is 202 Å². The lowest BCUT2D eigenvalue weighted by molar-refractivity contribution is -0.139. The van der Waals surface area contributed by atoms with Gasteiger partial charge in [-0.3, -0.25) is 10.1 Å². The third kappa shape index (κ3) is 5.36. The van der Waals surface area contributed by atoms with Crippen LogP contribution < -0.4 is 10.6 Å². The Kier molecular flexibility index (Phi) is 7.47. The molecule has 1 aliphatic rings. The van der Waals surface area contributed by atoms with Gasteiger partial charge in [0.2, 0.25) is 5.76 Å². The first-order valence-corrected chi connectivity index (χ1v) is 11.2. The fraction of sp³-hybridized carbons (Fsp3) is 0.269. The summed E-state index contributed by atoms with van der Waals surface area (Å²) in [6, 6.07) is 16.3. The third-order valence-corrected chi connectivity index (χ3v) is 5.90. The normalized spacial score (nSPS) is 12.9. The molecule has 0 bridgehead atoms. The summed E-state index contributed by atoms with van der Waals surface area (Å²) in [5, 5.41) is 14.3. The van der Waals surface area contributed by atoms with Gasteiger partial charge in [-0.05, 0) is 35.1 Å². The molecule has 9 nitrogen and oxygen atoms in total. The Hall–Kier alpha value is -4.11. The zero-order valence-electron chi connectivity index (χ0n) is 19.2. The highest BCUT2D eigenvalue weighted by atomic mass is 16.5. The van der Waals surface area contributed by atoms with Crippen LogP contribution in [0.15, 0.2) is 65.3 Å². The van der Waals surface area contributed by atoms with Crippen molar-refractivity contribution in [2.24, 2.45) is 0 Å². The van der Waals surface area contributed by atoms with Gasteiger partial charge in [0.1, 0.15) is 12.6 Å². The van der Waals surface area contributed by atoms with Crippen LogP contribution in [0.5, 0.6) is 0 Å². The number of anilines is 1. The Morgan fingerprint density at radius 2 is 1.69 bits per heavy atom. The molecule has 2 aromatic carbocycles. The maximum Gasteiger partial charge on any atom is 0.411 e. The van der Waals surface area contributed by atoms with E-state index in [1.165, 1.54) is 19.4 Å². The molecular formula is C26H26N2O7. The quantitative estimate of drug-likeness (QED) is 0.372. The van der Waals surface area contributed by atoms with E-state index in [2.05, 4.69) is 10.6 Å². The molecule has 1 heterocycles. The Balaban J connectivity index is 1.38. The van der Waals surface area contributed by atoms with Gasteiger partial charge in [0.05, 0.1) is 12.0 Å². The van der Waals surface area contributed by atoms with Gasteiger partial charge in [-0.25, -0.2) is 9.59 Å². The second kappa shape index (κ2) is 10.9. The number of aliphatic carboxylic acids is 1. The number of amides is 2. The lowest BCUT2D eigenvalue weighted by atomic mass is 9.98. The van der Waals surface area contributed by atoms with Crippen molar-refractivity contribution in [3.8, 4) is 11.1 Å². The number of benzene rings is 2. The average molecular weight is 479 g/mol. The molecule has 3 aromatic rings. The molecule has 0 fully saturated rings. The van der Waals surface area contributed by atoms with Gasteiger partial charge in [0, 0.05) is 25.7 Å². The van der Waals surface area contributed by atoms with E-state index in [4.69, 9.17) is 13.9 Å². The zero-order valence-corrected chi connectivity index (χ0v) is 19.2. The second-order valence-electron chi connectivity index (χ2n) is 8.11. The highest BCUT2D eigenvalue weighted by molar-refractivity contribution is 6.01. The number of furan rings is 1. The van der Waals surface area contributed by atoms with Gasteiger partial charge in [0.15, 0.2) is 0 Å². The van der Waals surface area contributed by atoms with Crippen molar-refractivity contribution in [2.75, 3.05) is 25.6 Å². The van der Waals surface area contributed by atoms with Crippen LogP contribution in [0.3, 0.4) is 0 Å². The molecule has 1 aromatic heterocycles. The van der Waals surface area contributed by atoms with E-state index in [1.54, 1.807) is 0 Å². The molecule has 1 atom stereocenters. The minimum atomic E-state index is -1.17. The molecule has 9 heteroatoms. The number of rotatable bonds is 10. The minimum absolute atomic E-state index is 0.0840. The van der Waals surface area contributed by atoms with Gasteiger partial charge in [-0.15, -0.1) is 0 Å². The largest absolute Gasteiger partial charge is 0.480 e. The molecule has 3 N–H and O–H groups in total. The summed E-state index contributed by atoms with van der Waals surface area (Å²) >= 11 is 0. The van der Waals surface area contributed by atoms with Crippen LogP contribution in [0.25, 0.3) is 11.1 Å². The molecule has 182 valence electrons.